The average molecular weight is 1780 g/mol. The third-order valence-electron chi connectivity index (χ3n) is 20.7. The Morgan fingerprint density at radius 2 is 1.07 bits per heavy atom. The molecule has 0 radical (unpaired) electrons. The lowest BCUT2D eigenvalue weighted by Crippen LogP contribution is -2.62. The van der Waals surface area contributed by atoms with Crippen LogP contribution in [0.1, 0.15) is 114 Å². The van der Waals surface area contributed by atoms with Crippen molar-refractivity contribution in [1.82, 2.24) is 84.5 Å². The number of unbranched alkanes of at least 4 members (excludes halogenated alkanes) is 1. The number of ether oxygens (including phenoxy) is 2. The van der Waals surface area contributed by atoms with E-state index in [1.807, 2.05) is 57.2 Å². The number of hydrogen-bond acceptors (Lipinski definition) is 21. The Balaban J connectivity index is 1.11. The molecule has 0 aliphatic carbocycles. The molecule has 2 aliphatic rings. The lowest BCUT2D eigenvalue weighted by Gasteiger charge is -2.31. The molecule has 2 saturated heterocycles. The molecule has 2 fully saturated rings. The molecular formula is C88H116ClN19O19. The van der Waals surface area contributed by atoms with Crippen molar-refractivity contribution in [3.8, 4) is 0 Å². The number of aliphatic hydroxyl groups is 1. The Morgan fingerprint density at radius 3 is 1.62 bits per heavy atom. The first kappa shape index (κ1) is 99.7. The number of carbonyl (C=O) groups excluding carboxylic acids is 15. The number of nitrogens with two attached hydrogens (primary N) is 1. The number of benzene rings is 5. The van der Waals surface area contributed by atoms with E-state index in [1.54, 1.807) is 56.3 Å². The predicted octanol–water partition coefficient (Wildman–Crippen LogP) is 1.92. The maximum Gasteiger partial charge on any atom is 0.343 e. The van der Waals surface area contributed by atoms with Gasteiger partial charge in [0.2, 0.25) is 70.9 Å². The molecule has 2 aliphatic heterocycles. The molecule has 0 spiro atoms. The van der Waals surface area contributed by atoms with Crippen LogP contribution in [0, 0.1) is 5.92 Å². The molecule has 38 nitrogen and oxygen atoms in total. The fourth-order valence-electron chi connectivity index (χ4n) is 14.0. The summed E-state index contributed by atoms with van der Waals surface area (Å²) in [5.74, 6) is -10.6. The van der Waals surface area contributed by atoms with Crippen LogP contribution in [-0.4, -0.2) is 236 Å². The number of amides is 18. The quantitative estimate of drug-likeness (QED) is 0.0192. The highest BCUT2D eigenvalue weighted by Crippen LogP contribution is 2.24. The molecule has 0 saturated carbocycles. The Kier molecular flexibility index (Phi) is 40.0. The van der Waals surface area contributed by atoms with Crippen LogP contribution < -0.4 is 91.0 Å². The molecule has 18 amide bonds. The second kappa shape index (κ2) is 51.0. The van der Waals surface area contributed by atoms with Crippen LogP contribution in [-0.2, 0) is 104 Å². The first-order valence-corrected chi connectivity index (χ1v) is 42.6. The number of hydrogen-bond donors (Lipinski definition) is 18. The summed E-state index contributed by atoms with van der Waals surface area (Å²) in [4.78, 5) is 221. The van der Waals surface area contributed by atoms with Gasteiger partial charge in [-0.05, 0) is 146 Å². The van der Waals surface area contributed by atoms with Crippen LogP contribution >= 0.6 is 11.6 Å². The third-order valence-corrected chi connectivity index (χ3v) is 20.9. The van der Waals surface area contributed by atoms with E-state index >= 15 is 28.8 Å². The van der Waals surface area contributed by atoms with Gasteiger partial charge in [0.15, 0.2) is 0 Å². The maximum atomic E-state index is 15.6. The minimum Gasteiger partial charge on any atom is -0.394 e. The number of fused-ring (bicyclic) bond motifs is 1. The zero-order valence-corrected chi connectivity index (χ0v) is 72.8. The van der Waals surface area contributed by atoms with Crippen LogP contribution in [0.25, 0.3) is 10.8 Å². The summed E-state index contributed by atoms with van der Waals surface area (Å²) in [6.07, 6.45) is 2.81. The van der Waals surface area contributed by atoms with Gasteiger partial charge in [0.05, 0.1) is 40.0 Å². The summed E-state index contributed by atoms with van der Waals surface area (Å²) in [5.41, 5.74) is 10.2. The number of nitrogens with zero attached hydrogens (tertiary/aromatic N) is 2. The van der Waals surface area contributed by atoms with Crippen molar-refractivity contribution in [2.45, 2.75) is 191 Å². The zero-order valence-electron chi connectivity index (χ0n) is 72.1. The molecule has 0 bridgehead atoms. The minimum absolute atomic E-state index is 0.0384. The molecule has 3 heterocycles. The highest BCUT2D eigenvalue weighted by atomic mass is 35.5. The van der Waals surface area contributed by atoms with Gasteiger partial charge in [-0.15, -0.1) is 0 Å². The number of aliphatic hydroxyl groups excluding tert-OH is 1. The molecule has 11 atom stereocenters. The Morgan fingerprint density at radius 1 is 0.551 bits per heavy atom. The van der Waals surface area contributed by atoms with Crippen molar-refractivity contribution in [3.63, 3.8) is 0 Å². The zero-order chi connectivity index (χ0) is 92.1. The number of primary amides is 1. The molecule has 6 aromatic rings. The van der Waals surface area contributed by atoms with Gasteiger partial charge >= 0.3 is 18.1 Å². The summed E-state index contributed by atoms with van der Waals surface area (Å²) in [6.45, 7) is 11.6. The monoisotopic (exact) mass is 1780 g/mol. The standard InChI is InChI=1S/C88H116ClN19O19/c1-8-126-39-40-127-38-36-93-86(122)104-70(46-57-20-27-59-16-9-10-17-60(59)42-57)82(118)100-66(43-54-21-28-61(89)29-22-54)79(115)101-69(47-58-15-13-34-91-49-58)81(117)103-72(50-109)83(119)102-68(45-55-23-30-62(31-24-55)95-76(112)71-48-74(110)106-87(123)105-71)80(116)99-67(44-56-25-32-63(33-26-56)96-88(124)107-125-7)78(114)98-65(41-51(2)3)77(113)97-64(18-11-12-35-92-52(4)5)85(121)108-37-14-19-73(108)84(120)94-53(6)75(90)111/h9-10,13,15-17,20-34,42,49,51-53,64-73,92,109H,8,11-12,14,18-19,35-41,43-48,50H2,1-7H3,(H2,90,111)(H,94,120)(H,95,112)(H,97,113)(H,98,114)(H,99,116)(H,100,118)(H,101,115)(H,102,119)(H,103,117)(H2,93,104,122)(H2,96,107,124)(H2,105,106,110,123)/t53-,64+,65+,66-,67-,68+,69-,70-,71+,72+,73+/m1/s1. The number of hydroxylamine groups is 1. The first-order valence-electron chi connectivity index (χ1n) is 42.2. The van der Waals surface area contributed by atoms with Crippen LogP contribution in [0.3, 0.4) is 0 Å². The number of urea groups is 3. The lowest BCUT2D eigenvalue weighted by molar-refractivity contribution is -0.142. The summed E-state index contributed by atoms with van der Waals surface area (Å²) >= 11 is 6.33. The average Bonchev–Trinajstić information content (AvgIpc) is 1.77. The number of pyridine rings is 1. The second-order valence-electron chi connectivity index (χ2n) is 31.5. The van der Waals surface area contributed by atoms with Gasteiger partial charge in [0.25, 0.3) is 0 Å². The molecule has 8 rings (SSSR count). The van der Waals surface area contributed by atoms with Crippen molar-refractivity contribution in [1.29, 1.82) is 0 Å². The van der Waals surface area contributed by atoms with Gasteiger partial charge in [-0.3, -0.25) is 72.7 Å². The maximum absolute atomic E-state index is 15.6. The normalized spacial score (nSPS) is 15.8. The lowest BCUT2D eigenvalue weighted by atomic mass is 9.99. The fraction of sp³-hybridized carbons (Fsp3) is 0.455. The molecule has 1 aromatic heterocycles. The molecule has 19 N–H and O–H groups in total. The number of likely N-dealkylation sites (tertiary alicyclic amines) is 1. The number of imide groups is 1. The van der Waals surface area contributed by atoms with Crippen LogP contribution in [0.5, 0.6) is 0 Å². The van der Waals surface area contributed by atoms with E-state index in [2.05, 4.69) is 90.2 Å². The van der Waals surface area contributed by atoms with E-state index in [0.29, 0.717) is 66.3 Å². The second-order valence-corrected chi connectivity index (χ2v) is 32.0. The highest BCUT2D eigenvalue weighted by molar-refractivity contribution is 6.30. The number of anilines is 2. The smallest absolute Gasteiger partial charge is 0.343 e. The van der Waals surface area contributed by atoms with Gasteiger partial charge in [-0.2, -0.15) is 0 Å². The SMILES string of the molecule is CCOCCOCCNC(=O)N[C@H](Cc1ccc2ccccc2c1)C(=O)N[C@H](Cc1ccc(Cl)cc1)C(=O)N[C@H](Cc1cccnc1)C(=O)N[C@@H](CO)C(=O)N[C@@H](Cc1ccc(NC(=O)[C@@H]2CC(=O)NC(=O)N2)cc1)C(=O)N[C@H](Cc1ccc(NC(=O)NOC)cc1)C(=O)N[C@@H](CC(C)C)C(=O)N[C@@H](CCCCNC(C)C)C(=O)N1CCC[C@H]1C(=O)N[C@H](C)C(N)=O. The van der Waals surface area contributed by atoms with E-state index in [-0.39, 0.29) is 107 Å². The Bertz CT molecular complexity index is 4730. The summed E-state index contributed by atoms with van der Waals surface area (Å²) in [5, 5.41) is 53.5. The largest absolute Gasteiger partial charge is 0.394 e. The van der Waals surface area contributed by atoms with Gasteiger partial charge < -0.3 is 99.6 Å². The number of rotatable bonds is 49. The molecule has 0 unspecified atom stereocenters. The van der Waals surface area contributed by atoms with Crippen molar-refractivity contribution in [3.05, 3.63) is 173 Å². The van der Waals surface area contributed by atoms with Gasteiger partial charge in [0, 0.05) is 86.6 Å². The van der Waals surface area contributed by atoms with Gasteiger partial charge in [0.1, 0.15) is 66.5 Å². The molecule has 684 valence electrons. The summed E-state index contributed by atoms with van der Waals surface area (Å²) in [6, 6.07) is 16.3. The Hall–Kier alpha value is -12.7. The van der Waals surface area contributed by atoms with Crippen LogP contribution in [0.15, 0.2) is 140 Å². The van der Waals surface area contributed by atoms with Crippen LogP contribution in [0.4, 0.5) is 25.8 Å². The fourth-order valence-corrected chi connectivity index (χ4v) is 14.2. The molecule has 5 aromatic carbocycles. The Labute approximate surface area is 740 Å². The van der Waals surface area contributed by atoms with Gasteiger partial charge in [-0.25, -0.2) is 19.9 Å². The van der Waals surface area contributed by atoms with E-state index in [4.69, 9.17) is 31.6 Å². The van der Waals surface area contributed by atoms with E-state index in [0.717, 1.165) is 10.8 Å². The van der Waals surface area contributed by atoms with Gasteiger partial charge in [-0.1, -0.05) is 124 Å². The van der Waals surface area contributed by atoms with E-state index < -0.39 is 168 Å². The molecule has 39 heteroatoms. The van der Waals surface area contributed by atoms with Crippen molar-refractivity contribution in [2.24, 2.45) is 11.7 Å². The summed E-state index contributed by atoms with van der Waals surface area (Å²) < 4.78 is 10.9. The van der Waals surface area contributed by atoms with Crippen molar-refractivity contribution < 1.29 is 91.3 Å². The number of nitrogens with one attached hydrogen (secondary N) is 16. The highest BCUT2D eigenvalue weighted by Gasteiger charge is 2.41. The topological polar surface area (TPSA) is 539 Å². The van der Waals surface area contributed by atoms with Crippen molar-refractivity contribution >= 4 is 123 Å². The minimum atomic E-state index is -1.95. The number of halogens is 1. The predicted molar refractivity (Wildman–Crippen MR) is 470 cm³/mol. The van der Waals surface area contributed by atoms with E-state index in [9.17, 15) is 48.3 Å². The third kappa shape index (κ3) is 33.3. The van der Waals surface area contributed by atoms with Crippen LogP contribution in [0.2, 0.25) is 5.02 Å². The summed E-state index contributed by atoms with van der Waals surface area (Å²) in [7, 11) is 1.23. The molecular weight excluding hydrogens is 1660 g/mol. The molecule has 127 heavy (non-hydrogen) atoms. The number of carbonyl (C=O) groups is 15. The van der Waals surface area contributed by atoms with Crippen molar-refractivity contribution in [2.75, 3.05) is 70.4 Å². The van der Waals surface area contributed by atoms with E-state index in [1.165, 1.54) is 79.9 Å². The number of aromatic nitrogens is 1. The first-order chi connectivity index (χ1) is 60.8.